The van der Waals surface area contributed by atoms with Crippen LogP contribution >= 0.6 is 0 Å². The van der Waals surface area contributed by atoms with Gasteiger partial charge in [0.25, 0.3) is 5.91 Å². The van der Waals surface area contributed by atoms with Gasteiger partial charge in [0.05, 0.1) is 19.0 Å². The van der Waals surface area contributed by atoms with E-state index in [2.05, 4.69) is 15.7 Å². The Balaban J connectivity index is 2.12. The first-order valence-electron chi connectivity index (χ1n) is 6.02. The maximum Gasteiger partial charge on any atom is 0.274 e. The Morgan fingerprint density at radius 2 is 2.00 bits per heavy atom. The van der Waals surface area contributed by atoms with Gasteiger partial charge in [-0.2, -0.15) is 0 Å². The molecule has 0 radical (unpaired) electrons. The number of anilines is 2. The van der Waals surface area contributed by atoms with Crippen LogP contribution in [-0.4, -0.2) is 18.0 Å². The fourth-order valence-corrected chi connectivity index (χ4v) is 1.76. The summed E-state index contributed by atoms with van der Waals surface area (Å²) in [5.41, 5.74) is 5.05. The molecule has 4 N–H and O–H groups in total. The second kappa shape index (κ2) is 6.03. The van der Waals surface area contributed by atoms with Gasteiger partial charge in [0.1, 0.15) is 11.4 Å². The lowest BCUT2D eigenvalue weighted by molar-refractivity contribution is 0.102. The predicted octanol–water partition coefficient (Wildman–Crippen LogP) is 1.94. The van der Waals surface area contributed by atoms with Crippen LogP contribution in [0.3, 0.4) is 0 Å². The predicted molar refractivity (Wildman–Crippen MR) is 77.7 cm³/mol. The Bertz CT molecular complexity index is 611. The van der Waals surface area contributed by atoms with Crippen molar-refractivity contribution >= 4 is 17.3 Å². The first-order valence-corrected chi connectivity index (χ1v) is 6.02. The highest BCUT2D eigenvalue weighted by Crippen LogP contribution is 2.21. The minimum Gasteiger partial charge on any atom is -0.496 e. The van der Waals surface area contributed by atoms with Crippen molar-refractivity contribution in [2.24, 2.45) is 5.84 Å². The summed E-state index contributed by atoms with van der Waals surface area (Å²) in [5, 5.41) is 2.78. The van der Waals surface area contributed by atoms with Gasteiger partial charge in [-0.3, -0.25) is 10.6 Å². The maximum absolute atomic E-state index is 12.0. The number of nitrogens with zero attached hydrogens (tertiary/aromatic N) is 1. The average molecular weight is 272 g/mol. The second-order valence-corrected chi connectivity index (χ2v) is 4.21. The number of amides is 1. The molecule has 0 aliphatic carbocycles. The second-order valence-electron chi connectivity index (χ2n) is 4.21. The van der Waals surface area contributed by atoms with Gasteiger partial charge in [0.15, 0.2) is 0 Å². The van der Waals surface area contributed by atoms with Crippen molar-refractivity contribution in [1.82, 2.24) is 4.98 Å². The highest BCUT2D eigenvalue weighted by atomic mass is 16.5. The maximum atomic E-state index is 12.0. The van der Waals surface area contributed by atoms with Crippen molar-refractivity contribution in [1.29, 1.82) is 0 Å². The summed E-state index contributed by atoms with van der Waals surface area (Å²) in [4.78, 5) is 16.0. The molecule has 0 fully saturated rings. The number of nitrogen functional groups attached to an aromatic ring is 1. The van der Waals surface area contributed by atoms with Gasteiger partial charge in [-0.15, -0.1) is 0 Å². The number of benzene rings is 1. The minimum absolute atomic E-state index is 0.280. The third-order valence-electron chi connectivity index (χ3n) is 2.82. The van der Waals surface area contributed by atoms with E-state index >= 15 is 0 Å². The molecular formula is C14H16N4O2. The molecule has 20 heavy (non-hydrogen) atoms. The normalized spacial score (nSPS) is 9.95. The number of carbonyl (C=O) groups is 1. The van der Waals surface area contributed by atoms with Gasteiger partial charge < -0.3 is 15.5 Å². The molecule has 0 aliphatic rings. The molecule has 0 atom stereocenters. The van der Waals surface area contributed by atoms with Gasteiger partial charge in [-0.05, 0) is 42.8 Å². The molecule has 1 heterocycles. The lowest BCUT2D eigenvalue weighted by atomic mass is 10.2. The largest absolute Gasteiger partial charge is 0.496 e. The van der Waals surface area contributed by atoms with Gasteiger partial charge in [0.2, 0.25) is 0 Å². The molecule has 0 spiro atoms. The minimum atomic E-state index is -0.280. The molecule has 0 bridgehead atoms. The van der Waals surface area contributed by atoms with Crippen molar-refractivity contribution < 1.29 is 9.53 Å². The van der Waals surface area contributed by atoms with Gasteiger partial charge in [-0.25, -0.2) is 4.98 Å². The molecular weight excluding hydrogens is 256 g/mol. The summed E-state index contributed by atoms with van der Waals surface area (Å²) in [6.45, 7) is 1.91. The smallest absolute Gasteiger partial charge is 0.274 e. The topological polar surface area (TPSA) is 89.3 Å². The Kier molecular flexibility index (Phi) is 4.17. The van der Waals surface area contributed by atoms with Gasteiger partial charge in [-0.1, -0.05) is 0 Å². The standard InChI is InChI=1S/C14H16N4O2/c1-9-7-10(4-6-13(9)20-2)17-14(19)12-5-3-11(18-15)8-16-12/h3-8,18H,15H2,1-2H3,(H,17,19). The summed E-state index contributed by atoms with van der Waals surface area (Å²) < 4.78 is 5.17. The van der Waals surface area contributed by atoms with Crippen molar-refractivity contribution in [3.8, 4) is 5.75 Å². The molecule has 6 heteroatoms. The van der Waals surface area contributed by atoms with Crippen LogP contribution in [0.5, 0.6) is 5.75 Å². The molecule has 1 amide bonds. The third kappa shape index (κ3) is 3.04. The van der Waals surface area contributed by atoms with Crippen molar-refractivity contribution in [2.45, 2.75) is 6.92 Å². The van der Waals surface area contributed by atoms with Crippen LogP contribution in [0.15, 0.2) is 36.5 Å². The fraction of sp³-hybridized carbons (Fsp3) is 0.143. The van der Waals surface area contributed by atoms with E-state index in [1.165, 1.54) is 6.20 Å². The quantitative estimate of drug-likeness (QED) is 0.584. The fourth-order valence-electron chi connectivity index (χ4n) is 1.76. The average Bonchev–Trinajstić information content (AvgIpc) is 2.47. The number of hydrogen-bond donors (Lipinski definition) is 3. The summed E-state index contributed by atoms with van der Waals surface area (Å²) in [7, 11) is 1.61. The highest BCUT2D eigenvalue weighted by Gasteiger charge is 2.08. The number of hydrazine groups is 1. The Hall–Kier alpha value is -2.60. The van der Waals surface area contributed by atoms with Crippen LogP contribution in [-0.2, 0) is 0 Å². The number of nitrogens with one attached hydrogen (secondary N) is 2. The SMILES string of the molecule is COc1ccc(NC(=O)c2ccc(NN)cn2)cc1C. The van der Waals surface area contributed by atoms with Crippen LogP contribution in [0, 0.1) is 6.92 Å². The van der Waals surface area contributed by atoms with E-state index in [9.17, 15) is 4.79 Å². The number of aryl methyl sites for hydroxylation is 1. The summed E-state index contributed by atoms with van der Waals surface area (Å²) in [5.74, 6) is 5.74. The van der Waals surface area contributed by atoms with Gasteiger partial charge >= 0.3 is 0 Å². The lowest BCUT2D eigenvalue weighted by Gasteiger charge is -2.09. The number of pyridine rings is 1. The zero-order valence-corrected chi connectivity index (χ0v) is 11.3. The summed E-state index contributed by atoms with van der Waals surface area (Å²) >= 11 is 0. The van der Waals surface area contributed by atoms with E-state index in [0.717, 1.165) is 11.3 Å². The monoisotopic (exact) mass is 272 g/mol. The molecule has 1 aromatic carbocycles. The molecule has 2 aromatic rings. The first kappa shape index (κ1) is 13.8. The van der Waals surface area contributed by atoms with Crippen LogP contribution in [0.1, 0.15) is 16.1 Å². The van der Waals surface area contributed by atoms with Crippen LogP contribution < -0.4 is 21.3 Å². The van der Waals surface area contributed by atoms with E-state index in [4.69, 9.17) is 10.6 Å². The molecule has 1 aromatic heterocycles. The number of aromatic nitrogens is 1. The molecule has 2 rings (SSSR count). The number of rotatable bonds is 4. The first-order chi connectivity index (χ1) is 9.63. The Morgan fingerprint density at radius 1 is 1.25 bits per heavy atom. The van der Waals surface area contributed by atoms with Crippen molar-refractivity contribution in [3.05, 3.63) is 47.8 Å². The molecule has 6 nitrogen and oxygen atoms in total. The number of hydrogen-bond acceptors (Lipinski definition) is 5. The van der Waals surface area contributed by atoms with E-state index in [-0.39, 0.29) is 5.91 Å². The molecule has 0 saturated carbocycles. The highest BCUT2D eigenvalue weighted by molar-refractivity contribution is 6.03. The number of carbonyl (C=O) groups excluding carboxylic acids is 1. The Labute approximate surface area is 116 Å². The Morgan fingerprint density at radius 3 is 2.55 bits per heavy atom. The third-order valence-corrected chi connectivity index (χ3v) is 2.82. The van der Waals surface area contributed by atoms with E-state index in [0.29, 0.717) is 17.1 Å². The van der Waals surface area contributed by atoms with Crippen molar-refractivity contribution in [2.75, 3.05) is 17.9 Å². The zero-order valence-electron chi connectivity index (χ0n) is 11.3. The van der Waals surface area contributed by atoms with E-state index in [1.807, 2.05) is 13.0 Å². The molecule has 0 saturated heterocycles. The van der Waals surface area contributed by atoms with Crippen LogP contribution in [0.25, 0.3) is 0 Å². The summed E-state index contributed by atoms with van der Waals surface area (Å²) in [6.07, 6.45) is 1.49. The van der Waals surface area contributed by atoms with E-state index in [1.54, 1.807) is 31.4 Å². The molecule has 0 unspecified atom stereocenters. The molecule has 0 aliphatic heterocycles. The van der Waals surface area contributed by atoms with Gasteiger partial charge in [0, 0.05) is 5.69 Å². The molecule has 104 valence electrons. The van der Waals surface area contributed by atoms with Crippen molar-refractivity contribution in [3.63, 3.8) is 0 Å². The number of nitrogens with two attached hydrogens (primary N) is 1. The van der Waals surface area contributed by atoms with Crippen LogP contribution in [0.4, 0.5) is 11.4 Å². The van der Waals surface area contributed by atoms with E-state index < -0.39 is 0 Å². The zero-order chi connectivity index (χ0) is 14.5. The van der Waals surface area contributed by atoms with Crippen LogP contribution in [0.2, 0.25) is 0 Å². The lowest BCUT2D eigenvalue weighted by Crippen LogP contribution is -2.14. The number of methoxy groups -OCH3 is 1. The number of ether oxygens (including phenoxy) is 1. The summed E-state index contributed by atoms with van der Waals surface area (Å²) in [6, 6.07) is 8.70.